The van der Waals surface area contributed by atoms with E-state index in [0.29, 0.717) is 0 Å². The number of alkyl halides is 1. The van der Waals surface area contributed by atoms with Gasteiger partial charge < -0.3 is 0 Å². The minimum absolute atomic E-state index is 0.149. The molecule has 76 valence electrons. The number of carbonyl (C=O) groups excluding carboxylic acids is 1. The van der Waals surface area contributed by atoms with Gasteiger partial charge in [-0.05, 0) is 53.1 Å². The molecule has 0 bridgehead atoms. The van der Waals surface area contributed by atoms with Gasteiger partial charge in [0.1, 0.15) is 5.78 Å². The second-order valence-electron chi connectivity index (χ2n) is 3.18. The zero-order chi connectivity index (χ0) is 10.7. The Kier molecular flexibility index (Phi) is 4.57. The second kappa shape index (κ2) is 5.26. The highest BCUT2D eigenvalue weighted by Gasteiger charge is 2.15. The number of aryl methyl sites for hydroxylation is 1. The second-order valence-corrected chi connectivity index (χ2v) is 5.26. The van der Waals surface area contributed by atoms with Crippen molar-refractivity contribution in [3.05, 3.63) is 32.9 Å². The molecule has 0 N–H and O–H groups in total. The monoisotopic (exact) mass is 366 g/mol. The van der Waals surface area contributed by atoms with Crippen molar-refractivity contribution in [3.63, 3.8) is 0 Å². The van der Waals surface area contributed by atoms with Gasteiger partial charge in [-0.1, -0.05) is 35.0 Å². The van der Waals surface area contributed by atoms with E-state index in [9.17, 15) is 4.79 Å². The quantitative estimate of drug-likeness (QED) is 0.586. The third kappa shape index (κ3) is 2.79. The number of rotatable bonds is 3. The fourth-order valence-electron chi connectivity index (χ4n) is 1.23. The summed E-state index contributed by atoms with van der Waals surface area (Å²) in [4.78, 5) is 11.1. The number of halogens is 2. The average molecular weight is 367 g/mol. The van der Waals surface area contributed by atoms with Crippen LogP contribution in [0.2, 0.25) is 0 Å². The first-order valence-electron chi connectivity index (χ1n) is 4.49. The SMILES string of the molecule is CCc1ccc(I)c(C(Br)C(C)=O)c1. The number of carbonyl (C=O) groups is 1. The zero-order valence-corrected chi connectivity index (χ0v) is 11.9. The number of Topliss-reactive ketones (excluding diaryl/α,β-unsaturated/α-hetero) is 1. The molecule has 1 aromatic carbocycles. The van der Waals surface area contributed by atoms with E-state index >= 15 is 0 Å². The van der Waals surface area contributed by atoms with Crippen LogP contribution in [0.15, 0.2) is 18.2 Å². The molecule has 0 aromatic heterocycles. The van der Waals surface area contributed by atoms with Crippen molar-refractivity contribution in [1.29, 1.82) is 0 Å². The molecular weight excluding hydrogens is 355 g/mol. The van der Waals surface area contributed by atoms with Gasteiger partial charge in [-0.15, -0.1) is 0 Å². The van der Waals surface area contributed by atoms with Crippen molar-refractivity contribution in [1.82, 2.24) is 0 Å². The number of ketones is 1. The zero-order valence-electron chi connectivity index (χ0n) is 8.18. The van der Waals surface area contributed by atoms with E-state index in [-0.39, 0.29) is 10.6 Å². The molecule has 0 amide bonds. The van der Waals surface area contributed by atoms with E-state index in [1.165, 1.54) is 5.56 Å². The average Bonchev–Trinajstić information content (AvgIpc) is 2.17. The Bertz CT molecular complexity index is 349. The van der Waals surface area contributed by atoms with Crippen LogP contribution in [-0.2, 0) is 11.2 Å². The van der Waals surface area contributed by atoms with Crippen LogP contribution in [0, 0.1) is 3.57 Å². The lowest BCUT2D eigenvalue weighted by atomic mass is 10.1. The van der Waals surface area contributed by atoms with Crippen LogP contribution in [0.5, 0.6) is 0 Å². The van der Waals surface area contributed by atoms with Gasteiger partial charge in [0.25, 0.3) is 0 Å². The summed E-state index contributed by atoms with van der Waals surface area (Å²) in [5.74, 6) is 0.149. The van der Waals surface area contributed by atoms with E-state index in [1.54, 1.807) is 6.92 Å². The van der Waals surface area contributed by atoms with Gasteiger partial charge in [-0.25, -0.2) is 0 Å². The fourth-order valence-corrected chi connectivity index (χ4v) is 2.68. The Morgan fingerprint density at radius 3 is 2.71 bits per heavy atom. The number of benzene rings is 1. The summed E-state index contributed by atoms with van der Waals surface area (Å²) < 4.78 is 1.14. The van der Waals surface area contributed by atoms with E-state index < -0.39 is 0 Å². The maximum atomic E-state index is 11.2. The van der Waals surface area contributed by atoms with Crippen molar-refractivity contribution in [2.24, 2.45) is 0 Å². The Morgan fingerprint density at radius 1 is 1.57 bits per heavy atom. The molecule has 0 aliphatic rings. The predicted molar refractivity (Wildman–Crippen MR) is 70.9 cm³/mol. The smallest absolute Gasteiger partial charge is 0.147 e. The van der Waals surface area contributed by atoms with Gasteiger partial charge in [0.15, 0.2) is 0 Å². The third-order valence-electron chi connectivity index (χ3n) is 2.10. The molecule has 0 saturated carbocycles. The molecule has 0 fully saturated rings. The van der Waals surface area contributed by atoms with Crippen LogP contribution in [-0.4, -0.2) is 5.78 Å². The molecule has 14 heavy (non-hydrogen) atoms. The number of hydrogen-bond donors (Lipinski definition) is 0. The van der Waals surface area contributed by atoms with Crippen molar-refractivity contribution in [2.45, 2.75) is 25.1 Å². The van der Waals surface area contributed by atoms with Gasteiger partial charge in [0.2, 0.25) is 0 Å². The maximum Gasteiger partial charge on any atom is 0.147 e. The fraction of sp³-hybridized carbons (Fsp3) is 0.364. The molecular formula is C11H12BrIO. The standard InChI is InChI=1S/C11H12BrIO/c1-3-8-4-5-10(13)9(6-8)11(12)7(2)14/h4-6,11H,3H2,1-2H3. The van der Waals surface area contributed by atoms with Crippen LogP contribution >= 0.6 is 38.5 Å². The highest BCUT2D eigenvalue weighted by molar-refractivity contribution is 14.1. The first kappa shape index (κ1) is 12.2. The highest BCUT2D eigenvalue weighted by atomic mass is 127. The van der Waals surface area contributed by atoms with Gasteiger partial charge >= 0.3 is 0 Å². The van der Waals surface area contributed by atoms with E-state index in [0.717, 1.165) is 15.6 Å². The molecule has 1 unspecified atom stereocenters. The minimum Gasteiger partial charge on any atom is -0.298 e. The molecule has 0 aliphatic carbocycles. The summed E-state index contributed by atoms with van der Waals surface area (Å²) in [6.45, 7) is 3.72. The van der Waals surface area contributed by atoms with E-state index in [2.05, 4.69) is 63.6 Å². The first-order chi connectivity index (χ1) is 6.56. The highest BCUT2D eigenvalue weighted by Crippen LogP contribution is 2.28. The molecule has 1 atom stereocenters. The normalized spacial score (nSPS) is 12.6. The Balaban J connectivity index is 3.11. The molecule has 3 heteroatoms. The molecule has 1 rings (SSSR count). The first-order valence-corrected chi connectivity index (χ1v) is 6.48. The summed E-state index contributed by atoms with van der Waals surface area (Å²) in [7, 11) is 0. The predicted octanol–water partition coefficient (Wildman–Crippen LogP) is 3.88. The number of hydrogen-bond acceptors (Lipinski definition) is 1. The van der Waals surface area contributed by atoms with Crippen molar-refractivity contribution >= 4 is 44.3 Å². The van der Waals surface area contributed by atoms with E-state index in [4.69, 9.17) is 0 Å². The summed E-state index contributed by atoms with van der Waals surface area (Å²) in [5, 5.41) is 0. The molecule has 1 aromatic rings. The Hall–Kier alpha value is 0.1000. The van der Waals surface area contributed by atoms with Crippen molar-refractivity contribution in [3.8, 4) is 0 Å². The lowest BCUT2D eigenvalue weighted by Crippen LogP contribution is -2.03. The topological polar surface area (TPSA) is 17.1 Å². The van der Waals surface area contributed by atoms with Crippen LogP contribution in [0.4, 0.5) is 0 Å². The van der Waals surface area contributed by atoms with Crippen LogP contribution < -0.4 is 0 Å². The van der Waals surface area contributed by atoms with Gasteiger partial charge in [-0.2, -0.15) is 0 Å². The molecule has 1 nitrogen and oxygen atoms in total. The molecule has 0 saturated heterocycles. The van der Waals surface area contributed by atoms with Gasteiger partial charge in [0.05, 0.1) is 4.83 Å². The van der Waals surface area contributed by atoms with Crippen molar-refractivity contribution in [2.75, 3.05) is 0 Å². The third-order valence-corrected chi connectivity index (χ3v) is 4.22. The Morgan fingerprint density at radius 2 is 2.21 bits per heavy atom. The lowest BCUT2D eigenvalue weighted by molar-refractivity contribution is -0.116. The molecule has 0 radical (unpaired) electrons. The maximum absolute atomic E-state index is 11.2. The van der Waals surface area contributed by atoms with Gasteiger partial charge in [-0.3, -0.25) is 4.79 Å². The summed E-state index contributed by atoms with van der Waals surface area (Å²) in [6, 6.07) is 6.26. The van der Waals surface area contributed by atoms with Crippen LogP contribution in [0.3, 0.4) is 0 Å². The van der Waals surface area contributed by atoms with Gasteiger partial charge in [0, 0.05) is 3.57 Å². The largest absolute Gasteiger partial charge is 0.298 e. The minimum atomic E-state index is -0.166. The summed E-state index contributed by atoms with van der Waals surface area (Å²) in [5.41, 5.74) is 2.35. The van der Waals surface area contributed by atoms with Crippen molar-refractivity contribution < 1.29 is 4.79 Å². The lowest BCUT2D eigenvalue weighted by Gasteiger charge is -2.10. The summed E-state index contributed by atoms with van der Waals surface area (Å²) in [6.07, 6.45) is 1.00. The summed E-state index contributed by atoms with van der Waals surface area (Å²) >= 11 is 5.67. The van der Waals surface area contributed by atoms with E-state index in [1.807, 2.05) is 0 Å². The van der Waals surface area contributed by atoms with Crippen LogP contribution in [0.1, 0.15) is 29.8 Å². The molecule has 0 aliphatic heterocycles. The molecule has 0 spiro atoms. The molecule has 0 heterocycles. The van der Waals surface area contributed by atoms with Crippen LogP contribution in [0.25, 0.3) is 0 Å². The Labute approximate surface area is 107 Å².